The van der Waals surface area contributed by atoms with E-state index in [1.165, 1.54) is 18.1 Å². The van der Waals surface area contributed by atoms with E-state index in [-0.39, 0.29) is 0 Å². The van der Waals surface area contributed by atoms with Crippen LogP contribution in [0.1, 0.15) is 20.8 Å². The van der Waals surface area contributed by atoms with Crippen LogP contribution in [0.5, 0.6) is 0 Å². The van der Waals surface area contributed by atoms with Crippen molar-refractivity contribution in [2.75, 3.05) is 0 Å². The summed E-state index contributed by atoms with van der Waals surface area (Å²) in [4.78, 5) is 0. The standard InChI is InChI=1S/C14H31NSi3/c1-9-16(5,6)15-17(7,8)13-14-18(10-2,11-3)12-4/h9,15H,1,10-12H2,2-8H3. The molecule has 0 fully saturated rings. The molecule has 1 N–H and O–H groups in total. The Hall–Kier alpha value is -0.0894. The Balaban J connectivity index is 5.02. The topological polar surface area (TPSA) is 12.0 Å². The van der Waals surface area contributed by atoms with E-state index in [4.69, 9.17) is 0 Å². The normalized spacial score (nSPS) is 12.8. The first-order valence-electron chi connectivity index (χ1n) is 7.13. The molecule has 0 saturated carbocycles. The van der Waals surface area contributed by atoms with Crippen LogP contribution in [0.15, 0.2) is 12.3 Å². The summed E-state index contributed by atoms with van der Waals surface area (Å²) in [5.74, 6) is 0. The summed E-state index contributed by atoms with van der Waals surface area (Å²) in [6.45, 7) is 20.2. The maximum absolute atomic E-state index is 3.96. The number of hydrogen-bond donors (Lipinski definition) is 1. The maximum Gasteiger partial charge on any atom is 0.195 e. The molecule has 104 valence electrons. The fourth-order valence-electron chi connectivity index (χ4n) is 2.19. The molecule has 18 heavy (non-hydrogen) atoms. The lowest BCUT2D eigenvalue weighted by molar-refractivity contribution is 1.20. The van der Waals surface area contributed by atoms with Gasteiger partial charge in [-0.05, 0) is 31.2 Å². The van der Waals surface area contributed by atoms with E-state index in [1.807, 2.05) is 0 Å². The van der Waals surface area contributed by atoms with E-state index in [0.29, 0.717) is 0 Å². The Morgan fingerprint density at radius 2 is 1.39 bits per heavy atom. The van der Waals surface area contributed by atoms with Crippen LogP contribution in [-0.2, 0) is 0 Å². The summed E-state index contributed by atoms with van der Waals surface area (Å²) in [5, 5.41) is 0. The third kappa shape index (κ3) is 5.70. The molecular formula is C14H31NSi3. The van der Waals surface area contributed by atoms with Crippen molar-refractivity contribution in [1.82, 2.24) is 4.65 Å². The van der Waals surface area contributed by atoms with Gasteiger partial charge in [0.1, 0.15) is 16.3 Å². The Labute approximate surface area is 118 Å². The molecule has 0 atom stereocenters. The van der Waals surface area contributed by atoms with Crippen LogP contribution in [0.2, 0.25) is 44.3 Å². The highest BCUT2D eigenvalue weighted by atomic mass is 28.4. The highest BCUT2D eigenvalue weighted by molar-refractivity contribution is 6.98. The van der Waals surface area contributed by atoms with E-state index in [1.54, 1.807) is 0 Å². The minimum absolute atomic E-state index is 1.29. The van der Waals surface area contributed by atoms with Gasteiger partial charge in [0.25, 0.3) is 0 Å². The second-order valence-electron chi connectivity index (χ2n) is 6.27. The molecule has 4 heteroatoms. The van der Waals surface area contributed by atoms with Gasteiger partial charge in [-0.2, -0.15) is 0 Å². The smallest absolute Gasteiger partial charge is 0.195 e. The number of nitrogens with one attached hydrogen (secondary N) is 1. The first-order valence-corrected chi connectivity index (χ1v) is 15.8. The monoisotopic (exact) mass is 297 g/mol. The van der Waals surface area contributed by atoms with Crippen molar-refractivity contribution in [3.63, 3.8) is 0 Å². The molecule has 0 aliphatic carbocycles. The van der Waals surface area contributed by atoms with Crippen LogP contribution in [0.25, 0.3) is 0 Å². The minimum atomic E-state index is -1.60. The highest BCUT2D eigenvalue weighted by Crippen LogP contribution is 2.19. The molecule has 0 aromatic rings. The predicted octanol–water partition coefficient (Wildman–Crippen LogP) is 4.30. The SMILES string of the molecule is C=C[Si](C)(C)N[Si](C)(C)C#C[Si](CC)(CC)CC. The summed E-state index contributed by atoms with van der Waals surface area (Å²) in [6, 6.07) is 3.87. The predicted molar refractivity (Wildman–Crippen MR) is 93.3 cm³/mol. The maximum atomic E-state index is 3.96. The molecule has 0 unspecified atom stereocenters. The van der Waals surface area contributed by atoms with Gasteiger partial charge in [0.2, 0.25) is 0 Å². The first-order chi connectivity index (χ1) is 8.16. The Morgan fingerprint density at radius 3 is 1.72 bits per heavy atom. The molecule has 0 aliphatic heterocycles. The van der Waals surface area contributed by atoms with Crippen molar-refractivity contribution in [2.24, 2.45) is 0 Å². The average molecular weight is 298 g/mol. The Morgan fingerprint density at radius 1 is 0.944 bits per heavy atom. The van der Waals surface area contributed by atoms with E-state index in [9.17, 15) is 0 Å². The van der Waals surface area contributed by atoms with Gasteiger partial charge in [0, 0.05) is 0 Å². The highest BCUT2D eigenvalue weighted by Gasteiger charge is 2.29. The first kappa shape index (κ1) is 17.9. The quantitative estimate of drug-likeness (QED) is 0.569. The Bertz CT molecular complexity index is 324. The fourth-order valence-corrected chi connectivity index (χ4v) is 13.6. The zero-order chi connectivity index (χ0) is 14.4. The van der Waals surface area contributed by atoms with Crippen molar-refractivity contribution in [2.45, 2.75) is 65.1 Å². The van der Waals surface area contributed by atoms with Crippen molar-refractivity contribution in [3.8, 4) is 11.1 Å². The molecule has 0 aromatic heterocycles. The largest absolute Gasteiger partial charge is 0.347 e. The molecule has 0 spiro atoms. The van der Waals surface area contributed by atoms with Crippen molar-refractivity contribution in [3.05, 3.63) is 12.3 Å². The lowest BCUT2D eigenvalue weighted by Crippen LogP contribution is -2.58. The summed E-state index contributed by atoms with van der Waals surface area (Å²) in [5.41, 5.74) is 9.53. The van der Waals surface area contributed by atoms with Gasteiger partial charge >= 0.3 is 0 Å². The van der Waals surface area contributed by atoms with Crippen molar-refractivity contribution in [1.29, 1.82) is 0 Å². The van der Waals surface area contributed by atoms with Crippen LogP contribution < -0.4 is 4.65 Å². The van der Waals surface area contributed by atoms with Crippen LogP contribution in [-0.4, -0.2) is 24.5 Å². The summed E-state index contributed by atoms with van der Waals surface area (Å²) >= 11 is 0. The van der Waals surface area contributed by atoms with Crippen LogP contribution in [0.4, 0.5) is 0 Å². The van der Waals surface area contributed by atoms with Gasteiger partial charge in [-0.15, -0.1) is 17.7 Å². The summed E-state index contributed by atoms with van der Waals surface area (Å²) in [7, 11) is -4.34. The average Bonchev–Trinajstić information content (AvgIpc) is 2.30. The summed E-state index contributed by atoms with van der Waals surface area (Å²) < 4.78 is 3.84. The molecule has 1 nitrogen and oxygen atoms in total. The molecule has 0 aliphatic rings. The molecule has 0 aromatic carbocycles. The van der Waals surface area contributed by atoms with E-state index in [2.05, 4.69) is 75.0 Å². The lowest BCUT2D eigenvalue weighted by Gasteiger charge is -2.29. The second-order valence-corrected chi connectivity index (χ2v) is 19.6. The molecule has 0 saturated heterocycles. The second kappa shape index (κ2) is 6.90. The molecule has 0 heterocycles. The van der Waals surface area contributed by atoms with E-state index < -0.39 is 24.5 Å². The molecular weight excluding hydrogens is 266 g/mol. The minimum Gasteiger partial charge on any atom is -0.347 e. The summed E-state index contributed by atoms with van der Waals surface area (Å²) in [6.07, 6.45) is 0. The van der Waals surface area contributed by atoms with Crippen LogP contribution in [0.3, 0.4) is 0 Å². The van der Waals surface area contributed by atoms with Crippen LogP contribution in [0, 0.1) is 11.1 Å². The third-order valence-corrected chi connectivity index (χ3v) is 15.6. The van der Waals surface area contributed by atoms with Gasteiger partial charge in [0.05, 0.1) is 0 Å². The molecule has 0 amide bonds. The molecule has 0 bridgehead atoms. The van der Waals surface area contributed by atoms with Crippen molar-refractivity contribution >= 4 is 24.5 Å². The lowest BCUT2D eigenvalue weighted by atomic mass is 10.9. The van der Waals surface area contributed by atoms with Crippen LogP contribution >= 0.6 is 0 Å². The third-order valence-electron chi connectivity index (χ3n) is 3.82. The molecule has 0 radical (unpaired) electrons. The fraction of sp³-hybridized carbons (Fsp3) is 0.714. The zero-order valence-electron chi connectivity index (χ0n) is 13.4. The van der Waals surface area contributed by atoms with Gasteiger partial charge in [-0.25, -0.2) is 0 Å². The van der Waals surface area contributed by atoms with Gasteiger partial charge in [0.15, 0.2) is 8.24 Å². The van der Waals surface area contributed by atoms with Gasteiger partial charge < -0.3 is 4.65 Å². The van der Waals surface area contributed by atoms with Gasteiger partial charge in [-0.3, -0.25) is 0 Å². The number of hydrogen-bond acceptors (Lipinski definition) is 1. The van der Waals surface area contributed by atoms with E-state index in [0.717, 1.165) is 0 Å². The molecule has 0 rings (SSSR count). The Kier molecular flexibility index (Phi) is 6.86. The van der Waals surface area contributed by atoms with Crippen molar-refractivity contribution < 1.29 is 0 Å². The van der Waals surface area contributed by atoms with Gasteiger partial charge in [-0.1, -0.05) is 39.6 Å². The number of rotatable bonds is 6. The van der Waals surface area contributed by atoms with E-state index >= 15 is 0 Å². The zero-order valence-corrected chi connectivity index (χ0v) is 16.4.